The summed E-state index contributed by atoms with van der Waals surface area (Å²) in [5, 5.41) is 20.3. The summed E-state index contributed by atoms with van der Waals surface area (Å²) in [5.74, 6) is -1.22. The summed E-state index contributed by atoms with van der Waals surface area (Å²) in [6.45, 7) is 1.43. The fourth-order valence-corrected chi connectivity index (χ4v) is 1.15. The third-order valence-corrected chi connectivity index (χ3v) is 1.80. The van der Waals surface area contributed by atoms with Crippen molar-refractivity contribution < 1.29 is 15.0 Å². The van der Waals surface area contributed by atoms with Crippen LogP contribution in [-0.2, 0) is 4.79 Å². The van der Waals surface area contributed by atoms with Crippen LogP contribution in [0.1, 0.15) is 6.42 Å². The molecular weight excluding hydrogens is 134 g/mol. The van der Waals surface area contributed by atoms with Gasteiger partial charge in [0.1, 0.15) is 0 Å². The van der Waals surface area contributed by atoms with Crippen molar-refractivity contribution in [3.8, 4) is 0 Å². The minimum atomic E-state index is -1.19. The maximum absolute atomic E-state index is 10.2. The SMILES string of the molecule is O=C(O)[C@H](O)[C@@H]1CCNC1. The first-order valence-electron chi connectivity index (χ1n) is 3.33. The van der Waals surface area contributed by atoms with Crippen LogP contribution in [-0.4, -0.2) is 35.4 Å². The van der Waals surface area contributed by atoms with E-state index in [1.165, 1.54) is 0 Å². The molecule has 4 heteroatoms. The van der Waals surface area contributed by atoms with Crippen LogP contribution in [0.2, 0.25) is 0 Å². The molecule has 0 saturated carbocycles. The zero-order valence-corrected chi connectivity index (χ0v) is 5.58. The number of rotatable bonds is 2. The summed E-state index contributed by atoms with van der Waals surface area (Å²) in [5.41, 5.74) is 0. The van der Waals surface area contributed by atoms with Crippen molar-refractivity contribution in [1.29, 1.82) is 0 Å². The summed E-state index contributed by atoms with van der Waals surface area (Å²) in [7, 11) is 0. The maximum Gasteiger partial charge on any atom is 0.332 e. The van der Waals surface area contributed by atoms with Crippen molar-refractivity contribution in [3.05, 3.63) is 0 Å². The normalized spacial score (nSPS) is 28.3. The minimum Gasteiger partial charge on any atom is -0.479 e. The van der Waals surface area contributed by atoms with E-state index < -0.39 is 12.1 Å². The molecule has 0 aliphatic carbocycles. The van der Waals surface area contributed by atoms with E-state index in [0.717, 1.165) is 13.0 Å². The standard InChI is InChI=1S/C6H11NO3/c8-5(6(9)10)4-1-2-7-3-4/h4-5,7-8H,1-3H2,(H,9,10)/t4-,5-/m1/s1. The summed E-state index contributed by atoms with van der Waals surface area (Å²) < 4.78 is 0. The van der Waals surface area contributed by atoms with Gasteiger partial charge in [-0.05, 0) is 13.0 Å². The second-order valence-electron chi connectivity index (χ2n) is 2.54. The van der Waals surface area contributed by atoms with Crippen molar-refractivity contribution >= 4 is 5.97 Å². The number of hydrogen-bond acceptors (Lipinski definition) is 3. The van der Waals surface area contributed by atoms with Gasteiger partial charge in [-0.15, -0.1) is 0 Å². The van der Waals surface area contributed by atoms with Gasteiger partial charge in [-0.2, -0.15) is 0 Å². The Hall–Kier alpha value is -0.610. The van der Waals surface area contributed by atoms with Gasteiger partial charge in [-0.25, -0.2) is 4.79 Å². The van der Waals surface area contributed by atoms with E-state index in [0.29, 0.717) is 6.54 Å². The topological polar surface area (TPSA) is 69.6 Å². The molecule has 1 rings (SSSR count). The predicted molar refractivity (Wildman–Crippen MR) is 34.6 cm³/mol. The number of aliphatic carboxylic acids is 1. The van der Waals surface area contributed by atoms with Gasteiger partial charge in [-0.3, -0.25) is 0 Å². The van der Waals surface area contributed by atoms with Crippen LogP contribution >= 0.6 is 0 Å². The van der Waals surface area contributed by atoms with E-state index in [9.17, 15) is 4.79 Å². The number of carboxylic acid groups (broad SMARTS) is 1. The summed E-state index contributed by atoms with van der Waals surface area (Å²) in [4.78, 5) is 10.2. The molecule has 0 radical (unpaired) electrons. The number of nitrogens with one attached hydrogen (secondary N) is 1. The van der Waals surface area contributed by atoms with Crippen LogP contribution in [0.4, 0.5) is 0 Å². The highest BCUT2D eigenvalue weighted by Crippen LogP contribution is 2.12. The predicted octanol–water partition coefficient (Wildman–Crippen LogP) is -0.959. The second kappa shape index (κ2) is 2.98. The Bertz CT molecular complexity index is 131. The van der Waals surface area contributed by atoms with Crippen molar-refractivity contribution in [2.75, 3.05) is 13.1 Å². The summed E-state index contributed by atoms with van der Waals surface area (Å²) >= 11 is 0. The van der Waals surface area contributed by atoms with Crippen molar-refractivity contribution in [1.82, 2.24) is 5.32 Å². The van der Waals surface area contributed by atoms with Crippen molar-refractivity contribution in [2.45, 2.75) is 12.5 Å². The van der Waals surface area contributed by atoms with E-state index >= 15 is 0 Å². The third kappa shape index (κ3) is 1.46. The highest BCUT2D eigenvalue weighted by Gasteiger charge is 2.27. The van der Waals surface area contributed by atoms with Crippen LogP contribution in [0.3, 0.4) is 0 Å². The maximum atomic E-state index is 10.2. The number of hydrogen-bond donors (Lipinski definition) is 3. The van der Waals surface area contributed by atoms with E-state index in [-0.39, 0.29) is 5.92 Å². The van der Waals surface area contributed by atoms with Gasteiger partial charge in [0.15, 0.2) is 6.10 Å². The smallest absolute Gasteiger partial charge is 0.332 e. The number of carboxylic acids is 1. The van der Waals surface area contributed by atoms with Crippen molar-refractivity contribution in [3.63, 3.8) is 0 Å². The lowest BCUT2D eigenvalue weighted by Crippen LogP contribution is -2.30. The summed E-state index contributed by atoms with van der Waals surface area (Å²) in [6.07, 6.45) is -0.428. The minimum absolute atomic E-state index is 0.0995. The molecule has 0 spiro atoms. The number of aliphatic hydroxyl groups excluding tert-OH is 1. The quantitative estimate of drug-likeness (QED) is 0.468. The van der Waals surface area contributed by atoms with Gasteiger partial charge < -0.3 is 15.5 Å². The Morgan fingerprint density at radius 3 is 2.80 bits per heavy atom. The van der Waals surface area contributed by atoms with Crippen LogP contribution in [0.5, 0.6) is 0 Å². The molecule has 0 unspecified atom stereocenters. The lowest BCUT2D eigenvalue weighted by Gasteiger charge is -2.10. The molecule has 10 heavy (non-hydrogen) atoms. The lowest BCUT2D eigenvalue weighted by atomic mass is 10.0. The molecule has 0 aromatic carbocycles. The average molecular weight is 145 g/mol. The van der Waals surface area contributed by atoms with Crippen LogP contribution < -0.4 is 5.32 Å². The molecule has 0 bridgehead atoms. The summed E-state index contributed by atoms with van der Waals surface area (Å²) in [6, 6.07) is 0. The van der Waals surface area contributed by atoms with E-state index in [2.05, 4.69) is 5.32 Å². The van der Waals surface area contributed by atoms with Crippen LogP contribution in [0.15, 0.2) is 0 Å². The van der Waals surface area contributed by atoms with E-state index in [1.54, 1.807) is 0 Å². The third-order valence-electron chi connectivity index (χ3n) is 1.80. The highest BCUT2D eigenvalue weighted by molar-refractivity contribution is 5.72. The Morgan fingerprint density at radius 1 is 1.70 bits per heavy atom. The van der Waals surface area contributed by atoms with E-state index in [1.807, 2.05) is 0 Å². The van der Waals surface area contributed by atoms with Gasteiger partial charge in [0.2, 0.25) is 0 Å². The number of aliphatic hydroxyl groups is 1. The van der Waals surface area contributed by atoms with Crippen molar-refractivity contribution in [2.24, 2.45) is 5.92 Å². The zero-order chi connectivity index (χ0) is 7.56. The molecule has 4 nitrogen and oxygen atoms in total. The first kappa shape index (κ1) is 7.50. The first-order valence-corrected chi connectivity index (χ1v) is 3.33. The molecule has 58 valence electrons. The van der Waals surface area contributed by atoms with Gasteiger partial charge in [-0.1, -0.05) is 0 Å². The Labute approximate surface area is 58.9 Å². The molecule has 1 fully saturated rings. The first-order chi connectivity index (χ1) is 4.72. The Morgan fingerprint density at radius 2 is 2.40 bits per heavy atom. The molecule has 1 aliphatic heterocycles. The molecule has 1 heterocycles. The average Bonchev–Trinajstić information content (AvgIpc) is 2.36. The Balaban J connectivity index is 2.39. The van der Waals surface area contributed by atoms with Crippen LogP contribution in [0.25, 0.3) is 0 Å². The fourth-order valence-electron chi connectivity index (χ4n) is 1.15. The van der Waals surface area contributed by atoms with Gasteiger partial charge >= 0.3 is 5.97 Å². The number of carbonyl (C=O) groups is 1. The zero-order valence-electron chi connectivity index (χ0n) is 5.58. The molecule has 0 aromatic heterocycles. The highest BCUT2D eigenvalue weighted by atomic mass is 16.4. The van der Waals surface area contributed by atoms with E-state index in [4.69, 9.17) is 10.2 Å². The molecular formula is C6H11NO3. The largest absolute Gasteiger partial charge is 0.479 e. The lowest BCUT2D eigenvalue weighted by molar-refractivity contribution is -0.149. The van der Waals surface area contributed by atoms with Gasteiger partial charge in [0.05, 0.1) is 0 Å². The molecule has 2 atom stereocenters. The van der Waals surface area contributed by atoms with Gasteiger partial charge in [0.25, 0.3) is 0 Å². The molecule has 1 aliphatic rings. The molecule has 0 amide bonds. The second-order valence-corrected chi connectivity index (χ2v) is 2.54. The molecule has 3 N–H and O–H groups in total. The molecule has 0 aromatic rings. The fraction of sp³-hybridized carbons (Fsp3) is 0.833. The van der Waals surface area contributed by atoms with Crippen LogP contribution in [0, 0.1) is 5.92 Å². The molecule has 1 saturated heterocycles. The van der Waals surface area contributed by atoms with Gasteiger partial charge in [0, 0.05) is 12.5 Å². The monoisotopic (exact) mass is 145 g/mol. The Kier molecular flexibility index (Phi) is 2.24.